The molecule has 0 saturated carbocycles. The zero-order valence-corrected chi connectivity index (χ0v) is 18.3. The van der Waals surface area contributed by atoms with Gasteiger partial charge in [0.05, 0.1) is 11.5 Å². The molecule has 1 aromatic heterocycles. The maximum absolute atomic E-state index is 10.6. The summed E-state index contributed by atoms with van der Waals surface area (Å²) < 4.78 is 5.95. The maximum atomic E-state index is 10.6. The van der Waals surface area contributed by atoms with Crippen molar-refractivity contribution in [3.8, 4) is 5.75 Å². The van der Waals surface area contributed by atoms with E-state index in [1.807, 2.05) is 31.2 Å². The van der Waals surface area contributed by atoms with Gasteiger partial charge in [-0.05, 0) is 43.4 Å². The van der Waals surface area contributed by atoms with E-state index in [1.165, 1.54) is 44.6 Å². The molecule has 0 amide bonds. The smallest absolute Gasteiger partial charge is 0.328 e. The molecule has 1 aromatic rings. The topological polar surface area (TPSA) is 46.5 Å². The van der Waals surface area contributed by atoms with Gasteiger partial charge < -0.3 is 9.84 Å². The highest BCUT2D eigenvalue weighted by Crippen LogP contribution is 2.27. The summed E-state index contributed by atoms with van der Waals surface area (Å²) in [5, 5.41) is 10.8. The number of aliphatic carboxylic acids is 1. The fourth-order valence-corrected chi connectivity index (χ4v) is 3.38. The quantitative estimate of drug-likeness (QED) is 0.200. The number of carboxylic acids is 1. The summed E-state index contributed by atoms with van der Waals surface area (Å²) >= 11 is 1.67. The molecule has 0 aliphatic heterocycles. The molecule has 0 unspecified atom stereocenters. The van der Waals surface area contributed by atoms with Gasteiger partial charge in [0.15, 0.2) is 0 Å². The van der Waals surface area contributed by atoms with Crippen LogP contribution in [0.1, 0.15) is 70.6 Å². The lowest BCUT2D eigenvalue weighted by molar-refractivity contribution is -0.131. The number of ether oxygens (including phenoxy) is 1. The second-order valence-electron chi connectivity index (χ2n) is 6.95. The molecule has 0 aliphatic carbocycles. The summed E-state index contributed by atoms with van der Waals surface area (Å²) in [6.45, 7) is 6.81. The Morgan fingerprint density at radius 1 is 1.07 bits per heavy atom. The van der Waals surface area contributed by atoms with Crippen molar-refractivity contribution in [2.75, 3.05) is 6.61 Å². The molecule has 0 radical (unpaired) electrons. The minimum Gasteiger partial charge on any atom is -0.492 e. The van der Waals surface area contributed by atoms with Crippen molar-refractivity contribution in [2.45, 2.75) is 65.7 Å². The van der Waals surface area contributed by atoms with Crippen LogP contribution in [0.25, 0.3) is 6.08 Å². The molecule has 0 bridgehead atoms. The SMILES string of the molecule is CCCCCCCCCOc1ccsc1C=CC(C)=CC=CC(C)=CC(=O)O. The minimum atomic E-state index is -0.926. The van der Waals surface area contributed by atoms with Crippen LogP contribution in [0.15, 0.2) is 53.0 Å². The average Bonchev–Trinajstić information content (AvgIpc) is 3.09. The highest BCUT2D eigenvalue weighted by molar-refractivity contribution is 7.11. The summed E-state index contributed by atoms with van der Waals surface area (Å²) in [5.74, 6) is 0.0280. The summed E-state index contributed by atoms with van der Waals surface area (Å²) in [4.78, 5) is 11.7. The van der Waals surface area contributed by atoms with Crippen LogP contribution in [-0.4, -0.2) is 17.7 Å². The lowest BCUT2D eigenvalue weighted by Gasteiger charge is -2.05. The summed E-state index contributed by atoms with van der Waals surface area (Å²) in [6, 6.07) is 2.03. The molecule has 0 aromatic carbocycles. The highest BCUT2D eigenvalue weighted by atomic mass is 32.1. The Balaban J connectivity index is 2.41. The zero-order valence-electron chi connectivity index (χ0n) is 17.4. The van der Waals surface area contributed by atoms with Gasteiger partial charge in [0.1, 0.15) is 5.75 Å². The fraction of sp³-hybridized carbons (Fsp3) is 0.458. The molecule has 28 heavy (non-hydrogen) atoms. The second-order valence-corrected chi connectivity index (χ2v) is 7.90. The highest BCUT2D eigenvalue weighted by Gasteiger charge is 2.02. The number of unbranched alkanes of at least 4 members (excludes halogenated alkanes) is 6. The van der Waals surface area contributed by atoms with E-state index in [9.17, 15) is 4.79 Å². The monoisotopic (exact) mass is 402 g/mol. The van der Waals surface area contributed by atoms with Gasteiger partial charge in [-0.2, -0.15) is 0 Å². The lowest BCUT2D eigenvalue weighted by atomic mass is 10.1. The van der Waals surface area contributed by atoms with Crippen molar-refractivity contribution < 1.29 is 14.6 Å². The third-order valence-corrected chi connectivity index (χ3v) is 5.09. The molecule has 0 saturated heterocycles. The van der Waals surface area contributed by atoms with E-state index in [4.69, 9.17) is 9.84 Å². The van der Waals surface area contributed by atoms with Crippen LogP contribution < -0.4 is 4.74 Å². The fourth-order valence-electron chi connectivity index (χ4n) is 2.65. The Morgan fingerprint density at radius 3 is 2.50 bits per heavy atom. The van der Waals surface area contributed by atoms with Crippen molar-refractivity contribution in [2.24, 2.45) is 0 Å². The first-order valence-corrected chi connectivity index (χ1v) is 11.1. The zero-order chi connectivity index (χ0) is 20.6. The van der Waals surface area contributed by atoms with Crippen LogP contribution in [0.2, 0.25) is 0 Å². The van der Waals surface area contributed by atoms with Gasteiger partial charge in [-0.25, -0.2) is 4.79 Å². The standard InChI is InChI=1S/C24H34O3S/c1-4-5-6-7-8-9-10-17-27-22-16-18-28-23(22)15-14-20(2)12-11-13-21(3)19-24(25)26/h11-16,18-19H,4-10,17H2,1-3H3,(H,25,26). The van der Waals surface area contributed by atoms with Gasteiger partial charge in [-0.3, -0.25) is 0 Å². The summed E-state index contributed by atoms with van der Waals surface area (Å²) in [5.41, 5.74) is 1.80. The Bertz CT molecular complexity index is 692. The molecule has 3 nitrogen and oxygen atoms in total. The number of carboxylic acid groups (broad SMARTS) is 1. The van der Waals surface area contributed by atoms with Gasteiger partial charge in [-0.1, -0.05) is 75.3 Å². The molecule has 1 rings (SSSR count). The Morgan fingerprint density at radius 2 is 1.79 bits per heavy atom. The van der Waals surface area contributed by atoms with E-state index in [2.05, 4.69) is 18.4 Å². The molecule has 0 aliphatic rings. The number of hydrogen-bond acceptors (Lipinski definition) is 3. The Labute approximate surface area is 174 Å². The van der Waals surface area contributed by atoms with E-state index in [-0.39, 0.29) is 0 Å². The van der Waals surface area contributed by atoms with E-state index in [0.29, 0.717) is 5.57 Å². The Kier molecular flexibility index (Phi) is 12.8. The third-order valence-electron chi connectivity index (χ3n) is 4.23. The third kappa shape index (κ3) is 11.6. The molecule has 0 atom stereocenters. The first kappa shape index (κ1) is 24.0. The first-order valence-electron chi connectivity index (χ1n) is 10.2. The molecule has 1 N–H and O–H groups in total. The van der Waals surface area contributed by atoms with Crippen molar-refractivity contribution in [3.63, 3.8) is 0 Å². The van der Waals surface area contributed by atoms with Gasteiger partial charge in [0.25, 0.3) is 0 Å². The van der Waals surface area contributed by atoms with Crippen LogP contribution in [-0.2, 0) is 4.79 Å². The van der Waals surface area contributed by atoms with Crippen LogP contribution >= 0.6 is 11.3 Å². The number of carbonyl (C=O) groups is 1. The van der Waals surface area contributed by atoms with Crippen molar-refractivity contribution in [3.05, 3.63) is 57.8 Å². The minimum absolute atomic E-state index is 0.708. The summed E-state index contributed by atoms with van der Waals surface area (Å²) in [6.07, 6.45) is 19.9. The molecule has 1 heterocycles. The normalized spacial score (nSPS) is 13.0. The molecule has 154 valence electrons. The predicted octanol–water partition coefficient (Wildman–Crippen LogP) is 7.42. The van der Waals surface area contributed by atoms with Crippen molar-refractivity contribution in [1.29, 1.82) is 0 Å². The van der Waals surface area contributed by atoms with Gasteiger partial charge in [0.2, 0.25) is 0 Å². The molecular formula is C24H34O3S. The first-order chi connectivity index (χ1) is 13.5. The van der Waals surface area contributed by atoms with E-state index in [1.54, 1.807) is 24.3 Å². The van der Waals surface area contributed by atoms with Crippen LogP contribution in [0.4, 0.5) is 0 Å². The van der Waals surface area contributed by atoms with E-state index >= 15 is 0 Å². The number of hydrogen-bond donors (Lipinski definition) is 1. The van der Waals surface area contributed by atoms with Crippen LogP contribution in [0.5, 0.6) is 5.75 Å². The number of allylic oxidation sites excluding steroid dienone is 6. The molecule has 0 spiro atoms. The van der Waals surface area contributed by atoms with Crippen LogP contribution in [0, 0.1) is 0 Å². The van der Waals surface area contributed by atoms with Gasteiger partial charge in [0, 0.05) is 6.08 Å². The number of rotatable bonds is 14. The van der Waals surface area contributed by atoms with Crippen molar-refractivity contribution >= 4 is 23.4 Å². The second kappa shape index (κ2) is 14.9. The Hall–Kier alpha value is -2.07. The average molecular weight is 403 g/mol. The van der Waals surface area contributed by atoms with E-state index < -0.39 is 5.97 Å². The predicted molar refractivity (Wildman–Crippen MR) is 121 cm³/mol. The number of thiophene rings is 1. The molecule has 4 heteroatoms. The van der Waals surface area contributed by atoms with Crippen molar-refractivity contribution in [1.82, 2.24) is 0 Å². The van der Waals surface area contributed by atoms with Gasteiger partial charge >= 0.3 is 5.97 Å². The van der Waals surface area contributed by atoms with Gasteiger partial charge in [-0.15, -0.1) is 11.3 Å². The summed E-state index contributed by atoms with van der Waals surface area (Å²) in [7, 11) is 0. The van der Waals surface area contributed by atoms with E-state index in [0.717, 1.165) is 29.2 Å². The maximum Gasteiger partial charge on any atom is 0.328 e. The van der Waals surface area contributed by atoms with Crippen LogP contribution in [0.3, 0.4) is 0 Å². The largest absolute Gasteiger partial charge is 0.492 e. The molecular weight excluding hydrogens is 368 g/mol. The molecule has 0 fully saturated rings. The lowest BCUT2D eigenvalue weighted by Crippen LogP contribution is -1.97.